The van der Waals surface area contributed by atoms with Gasteiger partial charge in [-0.2, -0.15) is 0 Å². The maximum Gasteiger partial charge on any atom is 0.328 e. The lowest BCUT2D eigenvalue weighted by molar-refractivity contribution is -0.144. The number of ether oxygens (including phenoxy) is 2. The van der Waals surface area contributed by atoms with Crippen molar-refractivity contribution in [2.45, 2.75) is 36.9 Å². The number of aromatic amines is 1. The minimum atomic E-state index is -1.49. The van der Waals surface area contributed by atoms with Gasteiger partial charge in [0.2, 0.25) is 0 Å². The Morgan fingerprint density at radius 3 is 2.20 bits per heavy atom. The molecule has 1 fully saturated rings. The monoisotopic (exact) mass is 480 g/mol. The Kier molecular flexibility index (Phi) is 6.12. The molecule has 1 unspecified atom stereocenters. The van der Waals surface area contributed by atoms with Crippen molar-refractivity contribution in [3.8, 4) is 11.1 Å². The molecule has 0 bridgehead atoms. The highest BCUT2D eigenvalue weighted by Gasteiger charge is 2.44. The molecule has 1 aliphatic heterocycles. The first kappa shape index (κ1) is 23.2. The van der Waals surface area contributed by atoms with E-state index in [0.717, 1.165) is 33.0 Å². The number of hydrogen-bond acceptors (Lipinski definition) is 8. The van der Waals surface area contributed by atoms with Gasteiger partial charge in [0.15, 0.2) is 0 Å². The lowest BCUT2D eigenvalue weighted by atomic mass is 9.98. The molecule has 1 saturated heterocycles. The molecule has 1 aliphatic carbocycles. The first-order chi connectivity index (χ1) is 16.9. The minimum absolute atomic E-state index is 0.0760. The predicted molar refractivity (Wildman–Crippen MR) is 123 cm³/mol. The number of carbonyl (C=O) groups excluding carboxylic acids is 1. The Bertz CT molecular complexity index is 1330. The van der Waals surface area contributed by atoms with Crippen LogP contribution in [0.4, 0.5) is 0 Å². The van der Waals surface area contributed by atoms with Gasteiger partial charge < -0.3 is 24.8 Å². The SMILES string of the molecule is O=C(Cn1cc([C@@H]2O[C@H](CO)C(O)[C@@H]2O)c(=O)[nH]c1=O)OCC1c2ccccc2-c2ccccc21. The van der Waals surface area contributed by atoms with E-state index >= 15 is 0 Å². The van der Waals surface area contributed by atoms with Crippen molar-refractivity contribution < 1.29 is 29.6 Å². The fourth-order valence-electron chi connectivity index (χ4n) is 4.80. The van der Waals surface area contributed by atoms with Gasteiger partial charge in [-0.05, 0) is 22.3 Å². The van der Waals surface area contributed by atoms with Gasteiger partial charge in [-0.1, -0.05) is 48.5 Å². The lowest BCUT2D eigenvalue weighted by Crippen LogP contribution is -2.37. The van der Waals surface area contributed by atoms with Crippen molar-refractivity contribution in [1.29, 1.82) is 0 Å². The average molecular weight is 480 g/mol. The largest absolute Gasteiger partial charge is 0.463 e. The molecule has 182 valence electrons. The molecule has 1 aromatic heterocycles. The van der Waals surface area contributed by atoms with E-state index in [1.54, 1.807) is 0 Å². The van der Waals surface area contributed by atoms with Crippen LogP contribution in [0.15, 0.2) is 64.3 Å². The quantitative estimate of drug-likeness (QED) is 0.361. The molecule has 0 radical (unpaired) electrons. The molecule has 2 aliphatic rings. The fourth-order valence-corrected chi connectivity index (χ4v) is 4.80. The number of esters is 1. The third kappa shape index (κ3) is 4.10. The van der Waals surface area contributed by atoms with E-state index in [1.165, 1.54) is 0 Å². The number of nitrogens with zero attached hydrogens (tertiary/aromatic N) is 1. The third-order valence-corrected chi connectivity index (χ3v) is 6.56. The molecule has 5 rings (SSSR count). The van der Waals surface area contributed by atoms with Crippen LogP contribution in [0.3, 0.4) is 0 Å². The van der Waals surface area contributed by atoms with Crippen molar-refractivity contribution >= 4 is 5.97 Å². The molecule has 2 heterocycles. The fraction of sp³-hybridized carbons (Fsp3) is 0.320. The normalized spacial score (nSPS) is 23.2. The number of benzene rings is 2. The number of nitrogens with one attached hydrogen (secondary N) is 1. The second-order valence-electron chi connectivity index (χ2n) is 8.64. The Morgan fingerprint density at radius 2 is 1.60 bits per heavy atom. The molecular weight excluding hydrogens is 456 g/mol. The van der Waals surface area contributed by atoms with Gasteiger partial charge in [-0.3, -0.25) is 19.1 Å². The highest BCUT2D eigenvalue weighted by atomic mass is 16.6. The molecule has 0 spiro atoms. The van der Waals surface area contributed by atoms with Gasteiger partial charge in [-0.15, -0.1) is 0 Å². The number of fused-ring (bicyclic) bond motifs is 3. The van der Waals surface area contributed by atoms with Crippen LogP contribution in [0.5, 0.6) is 0 Å². The Hall–Kier alpha value is -3.57. The first-order valence-corrected chi connectivity index (χ1v) is 11.2. The van der Waals surface area contributed by atoms with Crippen molar-refractivity contribution in [3.63, 3.8) is 0 Å². The molecule has 10 nitrogen and oxygen atoms in total. The summed E-state index contributed by atoms with van der Waals surface area (Å²) in [7, 11) is 0. The zero-order valence-electron chi connectivity index (χ0n) is 18.5. The predicted octanol–water partition coefficient (Wildman–Crippen LogP) is 0.0463. The van der Waals surface area contributed by atoms with Crippen LogP contribution in [0.2, 0.25) is 0 Å². The number of H-pyrrole nitrogens is 1. The van der Waals surface area contributed by atoms with Crippen LogP contribution >= 0.6 is 0 Å². The Balaban J connectivity index is 1.33. The zero-order valence-corrected chi connectivity index (χ0v) is 18.5. The van der Waals surface area contributed by atoms with Crippen LogP contribution in [-0.4, -0.2) is 62.4 Å². The van der Waals surface area contributed by atoms with Crippen molar-refractivity contribution in [3.05, 3.63) is 92.3 Å². The lowest BCUT2D eigenvalue weighted by Gasteiger charge is -2.16. The van der Waals surface area contributed by atoms with Crippen LogP contribution < -0.4 is 11.2 Å². The van der Waals surface area contributed by atoms with E-state index in [2.05, 4.69) is 4.98 Å². The first-order valence-electron chi connectivity index (χ1n) is 11.2. The minimum Gasteiger partial charge on any atom is -0.463 e. The molecule has 10 heteroatoms. The standard InChI is InChI=1S/C25H24N2O8/c28-11-19-21(30)22(31)23(35-19)17-9-27(25(33)26-24(17)32)10-20(29)34-12-18-15-7-3-1-5-13(15)14-6-2-4-8-16(14)18/h1-9,18-19,21-23,28,30-31H,10-12H2,(H,26,32,33)/t19-,21?,22+,23+/m1/s1. The number of hydrogen-bond donors (Lipinski definition) is 4. The molecule has 0 amide bonds. The molecule has 35 heavy (non-hydrogen) atoms. The summed E-state index contributed by atoms with van der Waals surface area (Å²) >= 11 is 0. The van der Waals surface area contributed by atoms with Crippen molar-refractivity contribution in [1.82, 2.24) is 9.55 Å². The van der Waals surface area contributed by atoms with Crippen LogP contribution in [0.1, 0.15) is 28.7 Å². The van der Waals surface area contributed by atoms with Gasteiger partial charge >= 0.3 is 11.7 Å². The number of aromatic nitrogens is 2. The van der Waals surface area contributed by atoms with E-state index in [0.29, 0.717) is 0 Å². The van der Waals surface area contributed by atoms with Gasteiger partial charge in [0.05, 0.1) is 12.2 Å². The van der Waals surface area contributed by atoms with E-state index < -0.39 is 54.8 Å². The third-order valence-electron chi connectivity index (χ3n) is 6.56. The number of aliphatic hydroxyl groups is 3. The second kappa shape index (κ2) is 9.23. The average Bonchev–Trinajstić information content (AvgIpc) is 3.33. The molecule has 3 aromatic rings. The molecule has 4 atom stereocenters. The maximum atomic E-state index is 12.7. The van der Waals surface area contributed by atoms with Crippen LogP contribution in [-0.2, 0) is 20.8 Å². The summed E-state index contributed by atoms with van der Waals surface area (Å²) in [5.41, 5.74) is 2.46. The molecule has 0 saturated carbocycles. The van der Waals surface area contributed by atoms with Crippen LogP contribution in [0.25, 0.3) is 11.1 Å². The van der Waals surface area contributed by atoms with Gasteiger partial charge in [0.1, 0.15) is 37.6 Å². The molecular formula is C25H24N2O8. The van der Waals surface area contributed by atoms with Crippen LogP contribution in [0, 0.1) is 0 Å². The van der Waals surface area contributed by atoms with E-state index in [4.69, 9.17) is 9.47 Å². The molecule has 2 aromatic carbocycles. The molecule has 4 N–H and O–H groups in total. The van der Waals surface area contributed by atoms with Crippen molar-refractivity contribution in [2.24, 2.45) is 0 Å². The number of aliphatic hydroxyl groups excluding tert-OH is 3. The Labute approximate surface area is 199 Å². The smallest absolute Gasteiger partial charge is 0.328 e. The van der Waals surface area contributed by atoms with Gasteiger partial charge in [0.25, 0.3) is 5.56 Å². The highest BCUT2D eigenvalue weighted by Crippen LogP contribution is 2.44. The highest BCUT2D eigenvalue weighted by molar-refractivity contribution is 5.79. The summed E-state index contributed by atoms with van der Waals surface area (Å²) in [5.74, 6) is -0.832. The number of carbonyl (C=O) groups is 1. The summed E-state index contributed by atoms with van der Waals surface area (Å²) in [5, 5.41) is 29.5. The summed E-state index contributed by atoms with van der Waals surface area (Å²) in [6, 6.07) is 15.8. The van der Waals surface area contributed by atoms with Crippen molar-refractivity contribution in [2.75, 3.05) is 13.2 Å². The Morgan fingerprint density at radius 1 is 0.971 bits per heavy atom. The summed E-state index contributed by atoms with van der Waals surface area (Å²) < 4.78 is 11.9. The van der Waals surface area contributed by atoms with E-state index in [1.807, 2.05) is 48.5 Å². The summed E-state index contributed by atoms with van der Waals surface area (Å²) in [6.45, 7) is -0.966. The maximum absolute atomic E-state index is 12.7. The van der Waals surface area contributed by atoms with Gasteiger partial charge in [-0.25, -0.2) is 4.79 Å². The topological polar surface area (TPSA) is 151 Å². The van der Waals surface area contributed by atoms with E-state index in [-0.39, 0.29) is 18.1 Å². The summed E-state index contributed by atoms with van der Waals surface area (Å²) in [4.78, 5) is 39.4. The zero-order chi connectivity index (χ0) is 24.7. The summed E-state index contributed by atoms with van der Waals surface area (Å²) in [6.07, 6.45) is -4.17. The van der Waals surface area contributed by atoms with E-state index in [9.17, 15) is 29.7 Å². The number of rotatable bonds is 6. The second-order valence-corrected chi connectivity index (χ2v) is 8.64. The van der Waals surface area contributed by atoms with Gasteiger partial charge in [0, 0.05) is 12.1 Å².